The van der Waals surface area contributed by atoms with Crippen molar-refractivity contribution in [3.8, 4) is 5.75 Å². The van der Waals surface area contributed by atoms with Crippen LogP contribution < -0.4 is 5.32 Å². The van der Waals surface area contributed by atoms with Crippen molar-refractivity contribution in [2.24, 2.45) is 0 Å². The summed E-state index contributed by atoms with van der Waals surface area (Å²) >= 11 is 0. The Bertz CT molecular complexity index is 780. The van der Waals surface area contributed by atoms with Gasteiger partial charge in [0.2, 0.25) is 0 Å². The molecule has 2 N–H and O–H groups in total. The molecule has 0 aromatic heterocycles. The molecule has 3 rings (SSSR count). The molecule has 2 nitrogen and oxygen atoms in total. The largest absolute Gasteiger partial charge is 0.508 e. The van der Waals surface area contributed by atoms with Gasteiger partial charge in [-0.25, -0.2) is 4.39 Å². The summed E-state index contributed by atoms with van der Waals surface area (Å²) in [7, 11) is 0. The molecular weight excluding hydrogens is 265 g/mol. The third kappa shape index (κ3) is 2.68. The lowest BCUT2D eigenvalue weighted by Crippen LogP contribution is -2.08. The minimum Gasteiger partial charge on any atom is -0.508 e. The molecule has 3 aromatic rings. The van der Waals surface area contributed by atoms with Crippen molar-refractivity contribution in [2.75, 3.05) is 5.32 Å². The Morgan fingerprint density at radius 2 is 1.76 bits per heavy atom. The maximum absolute atomic E-state index is 13.9. The van der Waals surface area contributed by atoms with Crippen LogP contribution in [0.5, 0.6) is 5.75 Å². The number of halogens is 1. The third-order valence-electron chi connectivity index (χ3n) is 3.61. The zero-order chi connectivity index (χ0) is 14.8. The van der Waals surface area contributed by atoms with E-state index in [2.05, 4.69) is 5.32 Å². The third-order valence-corrected chi connectivity index (χ3v) is 3.61. The number of rotatable bonds is 3. The molecule has 0 fully saturated rings. The second-order valence-electron chi connectivity index (χ2n) is 5.10. The van der Waals surface area contributed by atoms with Crippen LogP contribution in [-0.2, 0) is 0 Å². The van der Waals surface area contributed by atoms with Gasteiger partial charge < -0.3 is 10.4 Å². The molecule has 106 valence electrons. The van der Waals surface area contributed by atoms with Gasteiger partial charge in [-0.15, -0.1) is 0 Å². The minimum atomic E-state index is -0.407. The molecule has 0 amide bonds. The maximum Gasteiger partial charge on any atom is 0.132 e. The Labute approximate surface area is 122 Å². The van der Waals surface area contributed by atoms with Crippen LogP contribution >= 0.6 is 0 Å². The van der Waals surface area contributed by atoms with Crippen LogP contribution in [0, 0.1) is 5.82 Å². The summed E-state index contributed by atoms with van der Waals surface area (Å²) in [6, 6.07) is 18.1. The molecule has 3 aromatic carbocycles. The number of fused-ring (bicyclic) bond motifs is 1. The molecule has 21 heavy (non-hydrogen) atoms. The zero-order valence-electron chi connectivity index (χ0n) is 11.7. The fourth-order valence-electron chi connectivity index (χ4n) is 2.53. The van der Waals surface area contributed by atoms with E-state index < -0.39 is 5.82 Å². The number of anilines is 1. The van der Waals surface area contributed by atoms with E-state index in [0.717, 1.165) is 22.5 Å². The molecule has 0 bridgehead atoms. The molecule has 0 heterocycles. The second-order valence-corrected chi connectivity index (χ2v) is 5.10. The Hall–Kier alpha value is -2.55. The molecule has 1 atom stereocenters. The van der Waals surface area contributed by atoms with Crippen LogP contribution in [0.15, 0.2) is 60.7 Å². The van der Waals surface area contributed by atoms with Gasteiger partial charge in [0.25, 0.3) is 0 Å². The number of benzene rings is 3. The summed E-state index contributed by atoms with van der Waals surface area (Å²) < 4.78 is 13.9. The van der Waals surface area contributed by atoms with Crippen LogP contribution in [0.4, 0.5) is 10.1 Å². The summed E-state index contributed by atoms with van der Waals surface area (Å²) in [5.74, 6) is -0.469. The second kappa shape index (κ2) is 5.44. The van der Waals surface area contributed by atoms with Crippen molar-refractivity contribution in [3.63, 3.8) is 0 Å². The lowest BCUT2D eigenvalue weighted by Gasteiger charge is -2.18. The molecule has 0 spiro atoms. The lowest BCUT2D eigenvalue weighted by atomic mass is 10.0. The maximum atomic E-state index is 13.9. The van der Waals surface area contributed by atoms with Crippen molar-refractivity contribution >= 4 is 16.5 Å². The quantitative estimate of drug-likeness (QED) is 0.718. The first-order valence-electron chi connectivity index (χ1n) is 6.88. The zero-order valence-corrected chi connectivity index (χ0v) is 11.7. The van der Waals surface area contributed by atoms with Gasteiger partial charge in [0.1, 0.15) is 11.6 Å². The van der Waals surface area contributed by atoms with Crippen LogP contribution in [-0.4, -0.2) is 5.11 Å². The summed E-state index contributed by atoms with van der Waals surface area (Å²) in [6.07, 6.45) is 0. The Morgan fingerprint density at radius 1 is 1.00 bits per heavy atom. The van der Waals surface area contributed by atoms with E-state index in [-0.39, 0.29) is 11.8 Å². The SMILES string of the molecule is CC(Nc1cccc2ccccc12)c1ccc(O)cc1F. The van der Waals surface area contributed by atoms with Crippen LogP contribution in [0.3, 0.4) is 0 Å². The van der Waals surface area contributed by atoms with Crippen LogP contribution in [0.25, 0.3) is 10.8 Å². The van der Waals surface area contributed by atoms with Crippen molar-refractivity contribution in [1.82, 2.24) is 0 Å². The van der Waals surface area contributed by atoms with E-state index in [1.54, 1.807) is 6.07 Å². The molecule has 0 saturated carbocycles. The van der Waals surface area contributed by atoms with Crippen molar-refractivity contribution in [1.29, 1.82) is 0 Å². The molecule has 0 aliphatic carbocycles. The van der Waals surface area contributed by atoms with Gasteiger partial charge in [0.05, 0.1) is 6.04 Å². The number of hydrogen-bond donors (Lipinski definition) is 2. The highest BCUT2D eigenvalue weighted by Gasteiger charge is 2.12. The molecule has 0 aliphatic heterocycles. The molecular formula is C18H16FNO. The average Bonchev–Trinajstić information content (AvgIpc) is 2.47. The van der Waals surface area contributed by atoms with Gasteiger partial charge >= 0.3 is 0 Å². The topological polar surface area (TPSA) is 32.3 Å². The Morgan fingerprint density at radius 3 is 2.57 bits per heavy atom. The first kappa shape index (κ1) is 13.4. The van der Waals surface area contributed by atoms with Crippen molar-refractivity contribution in [3.05, 3.63) is 72.0 Å². The van der Waals surface area contributed by atoms with E-state index in [1.165, 1.54) is 6.07 Å². The smallest absolute Gasteiger partial charge is 0.132 e. The van der Waals surface area contributed by atoms with Gasteiger partial charge in [0, 0.05) is 22.7 Å². The fraction of sp³-hybridized carbons (Fsp3) is 0.111. The van der Waals surface area contributed by atoms with Gasteiger partial charge in [0.15, 0.2) is 0 Å². The van der Waals surface area contributed by atoms with E-state index in [4.69, 9.17) is 0 Å². The number of phenolic OH excluding ortho intramolecular Hbond substituents is 1. The summed E-state index contributed by atoms with van der Waals surface area (Å²) in [5, 5.41) is 14.9. The number of aromatic hydroxyl groups is 1. The molecule has 0 radical (unpaired) electrons. The fourth-order valence-corrected chi connectivity index (χ4v) is 2.53. The Balaban J connectivity index is 1.94. The Kier molecular flexibility index (Phi) is 3.48. The van der Waals surface area contributed by atoms with Gasteiger partial charge in [-0.05, 0) is 24.4 Å². The van der Waals surface area contributed by atoms with Crippen molar-refractivity contribution in [2.45, 2.75) is 13.0 Å². The van der Waals surface area contributed by atoms with Crippen LogP contribution in [0.2, 0.25) is 0 Å². The predicted octanol–water partition coefficient (Wildman–Crippen LogP) is 4.86. The van der Waals surface area contributed by atoms with E-state index in [9.17, 15) is 9.50 Å². The first-order valence-corrected chi connectivity index (χ1v) is 6.88. The molecule has 3 heteroatoms. The van der Waals surface area contributed by atoms with Gasteiger partial charge in [-0.3, -0.25) is 0 Å². The molecule has 0 saturated heterocycles. The number of phenols is 1. The highest BCUT2D eigenvalue weighted by molar-refractivity contribution is 5.93. The van der Waals surface area contributed by atoms with Gasteiger partial charge in [-0.1, -0.05) is 42.5 Å². The van der Waals surface area contributed by atoms with Crippen molar-refractivity contribution < 1.29 is 9.50 Å². The summed E-state index contributed by atoms with van der Waals surface area (Å²) in [6.45, 7) is 1.90. The monoisotopic (exact) mass is 281 g/mol. The summed E-state index contributed by atoms with van der Waals surface area (Å²) in [5.41, 5.74) is 1.49. The highest BCUT2D eigenvalue weighted by atomic mass is 19.1. The number of hydrogen-bond acceptors (Lipinski definition) is 2. The van der Waals surface area contributed by atoms with E-state index in [0.29, 0.717) is 5.56 Å². The molecule has 0 aliphatic rings. The highest BCUT2D eigenvalue weighted by Crippen LogP contribution is 2.28. The average molecular weight is 281 g/mol. The lowest BCUT2D eigenvalue weighted by molar-refractivity contribution is 0.467. The van der Waals surface area contributed by atoms with Gasteiger partial charge in [-0.2, -0.15) is 0 Å². The normalized spacial score (nSPS) is 12.3. The molecule has 1 unspecified atom stereocenters. The first-order chi connectivity index (χ1) is 10.1. The minimum absolute atomic E-state index is 0.0615. The van der Waals surface area contributed by atoms with Crippen LogP contribution in [0.1, 0.15) is 18.5 Å². The number of nitrogens with one attached hydrogen (secondary N) is 1. The summed E-state index contributed by atoms with van der Waals surface area (Å²) in [4.78, 5) is 0. The predicted molar refractivity (Wildman–Crippen MR) is 84.1 cm³/mol. The van der Waals surface area contributed by atoms with E-state index in [1.807, 2.05) is 49.4 Å². The standard InChI is InChI=1S/C18H16FNO/c1-12(15-10-9-14(21)11-17(15)19)20-18-8-4-6-13-5-2-3-7-16(13)18/h2-12,20-21H,1H3. The van der Waals surface area contributed by atoms with E-state index >= 15 is 0 Å².